The number of rotatable bonds is 5. The van der Waals surface area contributed by atoms with Crippen LogP contribution in [-0.2, 0) is 11.3 Å². The molecule has 5 heteroatoms. The van der Waals surface area contributed by atoms with Crippen molar-refractivity contribution in [1.29, 1.82) is 0 Å². The molecule has 0 unspecified atom stereocenters. The second-order valence-corrected chi connectivity index (χ2v) is 5.88. The molecular weight excluding hydrogens is 295 g/mol. The maximum atomic E-state index is 12.0. The molecule has 1 fully saturated rings. The minimum atomic E-state index is 0.238. The van der Waals surface area contributed by atoms with Crippen molar-refractivity contribution in [3.8, 4) is 0 Å². The van der Waals surface area contributed by atoms with Gasteiger partial charge in [0.2, 0.25) is 5.91 Å². The van der Waals surface area contributed by atoms with Gasteiger partial charge in [-0.1, -0.05) is 29.3 Å². The molecule has 110 valence electrons. The Labute approximate surface area is 130 Å². The smallest absolute Gasteiger partial charge is 0.223 e. The van der Waals surface area contributed by atoms with Gasteiger partial charge < -0.3 is 10.2 Å². The average molecular weight is 315 g/mol. The number of nitrogens with zero attached hydrogens (tertiary/aromatic N) is 1. The van der Waals surface area contributed by atoms with Crippen LogP contribution in [0.3, 0.4) is 0 Å². The Bertz CT molecular complexity index is 439. The summed E-state index contributed by atoms with van der Waals surface area (Å²) in [6.07, 6.45) is 4.04. The second kappa shape index (κ2) is 7.87. The zero-order valence-corrected chi connectivity index (χ0v) is 13.0. The fourth-order valence-electron chi connectivity index (χ4n) is 2.41. The lowest BCUT2D eigenvalue weighted by Crippen LogP contribution is -2.37. The number of piperidine rings is 1. The third kappa shape index (κ3) is 4.37. The Morgan fingerprint density at radius 2 is 1.80 bits per heavy atom. The molecule has 0 radical (unpaired) electrons. The molecule has 0 aromatic heterocycles. The van der Waals surface area contributed by atoms with E-state index < -0.39 is 0 Å². The van der Waals surface area contributed by atoms with Crippen molar-refractivity contribution in [3.63, 3.8) is 0 Å². The van der Waals surface area contributed by atoms with Crippen molar-refractivity contribution < 1.29 is 4.79 Å². The summed E-state index contributed by atoms with van der Waals surface area (Å²) in [5, 5.41) is 4.56. The predicted octanol–water partition coefficient (Wildman–Crippen LogP) is 3.49. The van der Waals surface area contributed by atoms with Crippen molar-refractivity contribution in [2.45, 2.75) is 32.2 Å². The number of carbonyl (C=O) groups excluding carboxylic acids is 1. The first-order valence-corrected chi connectivity index (χ1v) is 7.85. The fraction of sp³-hybridized carbons (Fsp3) is 0.533. The lowest BCUT2D eigenvalue weighted by molar-refractivity contribution is -0.131. The van der Waals surface area contributed by atoms with Gasteiger partial charge in [0, 0.05) is 48.2 Å². The lowest BCUT2D eigenvalue weighted by atomic mass is 10.1. The van der Waals surface area contributed by atoms with Crippen molar-refractivity contribution in [3.05, 3.63) is 33.8 Å². The van der Waals surface area contributed by atoms with Gasteiger partial charge in [-0.2, -0.15) is 0 Å². The molecule has 1 N–H and O–H groups in total. The van der Waals surface area contributed by atoms with E-state index in [1.54, 1.807) is 0 Å². The van der Waals surface area contributed by atoms with E-state index in [0.717, 1.165) is 31.5 Å². The number of likely N-dealkylation sites (tertiary alicyclic amines) is 1. The summed E-state index contributed by atoms with van der Waals surface area (Å²) in [4.78, 5) is 13.9. The van der Waals surface area contributed by atoms with Crippen LogP contribution >= 0.6 is 23.2 Å². The van der Waals surface area contributed by atoms with E-state index >= 15 is 0 Å². The molecule has 20 heavy (non-hydrogen) atoms. The normalized spacial score (nSPS) is 15.4. The average Bonchev–Trinajstić information content (AvgIpc) is 2.46. The van der Waals surface area contributed by atoms with Crippen LogP contribution in [0.15, 0.2) is 18.2 Å². The van der Waals surface area contributed by atoms with Gasteiger partial charge in [0.05, 0.1) is 0 Å². The molecule has 1 aromatic rings. The van der Waals surface area contributed by atoms with Crippen LogP contribution in [0.25, 0.3) is 0 Å². The van der Waals surface area contributed by atoms with Crippen LogP contribution < -0.4 is 5.32 Å². The first kappa shape index (κ1) is 15.6. The highest BCUT2D eigenvalue weighted by atomic mass is 35.5. The quantitative estimate of drug-likeness (QED) is 0.844. The Morgan fingerprint density at radius 3 is 2.45 bits per heavy atom. The summed E-state index contributed by atoms with van der Waals surface area (Å²) >= 11 is 12.2. The Kier molecular flexibility index (Phi) is 6.14. The number of amides is 1. The maximum Gasteiger partial charge on any atom is 0.223 e. The van der Waals surface area contributed by atoms with E-state index in [1.165, 1.54) is 6.42 Å². The summed E-state index contributed by atoms with van der Waals surface area (Å²) in [6, 6.07) is 5.47. The van der Waals surface area contributed by atoms with Crippen molar-refractivity contribution in [2.75, 3.05) is 19.6 Å². The molecule has 0 aliphatic carbocycles. The van der Waals surface area contributed by atoms with Crippen LogP contribution in [0, 0.1) is 0 Å². The van der Waals surface area contributed by atoms with Gasteiger partial charge in [-0.3, -0.25) is 4.79 Å². The Balaban J connectivity index is 1.72. The number of carbonyl (C=O) groups is 1. The highest BCUT2D eigenvalue weighted by molar-refractivity contribution is 6.35. The van der Waals surface area contributed by atoms with E-state index in [2.05, 4.69) is 5.32 Å². The molecule has 1 aromatic carbocycles. The van der Waals surface area contributed by atoms with Gasteiger partial charge >= 0.3 is 0 Å². The largest absolute Gasteiger partial charge is 0.343 e. The molecule has 0 saturated carbocycles. The number of benzene rings is 1. The summed E-state index contributed by atoms with van der Waals surface area (Å²) in [6.45, 7) is 3.06. The van der Waals surface area contributed by atoms with Crippen LogP contribution in [0.2, 0.25) is 10.0 Å². The third-order valence-electron chi connectivity index (χ3n) is 3.59. The SMILES string of the molecule is O=C(CCNCc1c(Cl)cccc1Cl)N1CCCCC1. The number of hydrogen-bond acceptors (Lipinski definition) is 2. The number of halogens is 2. The van der Waals surface area contributed by atoms with Crippen molar-refractivity contribution in [2.24, 2.45) is 0 Å². The fourth-order valence-corrected chi connectivity index (χ4v) is 2.94. The molecule has 0 spiro atoms. The molecule has 1 aliphatic heterocycles. The van der Waals surface area contributed by atoms with Gasteiger partial charge in [-0.05, 0) is 31.4 Å². The van der Waals surface area contributed by atoms with Gasteiger partial charge in [0.25, 0.3) is 0 Å². The summed E-state index contributed by atoms with van der Waals surface area (Å²) in [7, 11) is 0. The molecule has 3 nitrogen and oxygen atoms in total. The Hall–Kier alpha value is -0.770. The van der Waals surface area contributed by atoms with E-state index in [1.807, 2.05) is 23.1 Å². The molecule has 0 bridgehead atoms. The summed E-state index contributed by atoms with van der Waals surface area (Å²) < 4.78 is 0. The van der Waals surface area contributed by atoms with Crippen molar-refractivity contribution >= 4 is 29.1 Å². The predicted molar refractivity (Wildman–Crippen MR) is 83.2 cm³/mol. The van der Waals surface area contributed by atoms with E-state index in [0.29, 0.717) is 29.6 Å². The first-order valence-electron chi connectivity index (χ1n) is 7.10. The van der Waals surface area contributed by atoms with Crippen LogP contribution in [-0.4, -0.2) is 30.4 Å². The van der Waals surface area contributed by atoms with Crippen LogP contribution in [0.1, 0.15) is 31.2 Å². The standard InChI is InChI=1S/C15H20Cl2N2O/c16-13-5-4-6-14(17)12(13)11-18-8-7-15(20)19-9-2-1-3-10-19/h4-6,18H,1-3,7-11H2. The van der Waals surface area contributed by atoms with Gasteiger partial charge in [-0.15, -0.1) is 0 Å². The molecule has 1 aliphatic rings. The number of hydrogen-bond donors (Lipinski definition) is 1. The minimum Gasteiger partial charge on any atom is -0.343 e. The zero-order valence-electron chi connectivity index (χ0n) is 11.5. The topological polar surface area (TPSA) is 32.3 Å². The highest BCUT2D eigenvalue weighted by Gasteiger charge is 2.15. The lowest BCUT2D eigenvalue weighted by Gasteiger charge is -2.26. The highest BCUT2D eigenvalue weighted by Crippen LogP contribution is 2.23. The summed E-state index contributed by atoms with van der Waals surface area (Å²) in [5.74, 6) is 0.238. The number of nitrogens with one attached hydrogen (secondary N) is 1. The van der Waals surface area contributed by atoms with E-state index in [4.69, 9.17) is 23.2 Å². The second-order valence-electron chi connectivity index (χ2n) is 5.07. The zero-order chi connectivity index (χ0) is 14.4. The summed E-state index contributed by atoms with van der Waals surface area (Å²) in [5.41, 5.74) is 0.890. The molecule has 1 amide bonds. The van der Waals surface area contributed by atoms with Gasteiger partial charge in [0.15, 0.2) is 0 Å². The maximum absolute atomic E-state index is 12.0. The molecule has 0 atom stereocenters. The Morgan fingerprint density at radius 1 is 1.15 bits per heavy atom. The molecule has 1 saturated heterocycles. The van der Waals surface area contributed by atoms with Gasteiger partial charge in [-0.25, -0.2) is 0 Å². The van der Waals surface area contributed by atoms with Crippen molar-refractivity contribution in [1.82, 2.24) is 10.2 Å². The molecule has 2 rings (SSSR count). The molecule has 1 heterocycles. The molecular formula is C15H20Cl2N2O. The van der Waals surface area contributed by atoms with E-state index in [9.17, 15) is 4.79 Å². The first-order chi connectivity index (χ1) is 9.68. The monoisotopic (exact) mass is 314 g/mol. The van der Waals surface area contributed by atoms with Gasteiger partial charge in [0.1, 0.15) is 0 Å². The third-order valence-corrected chi connectivity index (χ3v) is 4.30. The minimum absolute atomic E-state index is 0.238. The van der Waals surface area contributed by atoms with E-state index in [-0.39, 0.29) is 5.91 Å². The van der Waals surface area contributed by atoms with Crippen LogP contribution in [0.5, 0.6) is 0 Å². The van der Waals surface area contributed by atoms with Crippen LogP contribution in [0.4, 0.5) is 0 Å².